The van der Waals surface area contributed by atoms with E-state index < -0.39 is 0 Å². The van der Waals surface area contributed by atoms with Crippen LogP contribution in [0.1, 0.15) is 51.3 Å². The van der Waals surface area contributed by atoms with Gasteiger partial charge in [-0.25, -0.2) is 0 Å². The summed E-state index contributed by atoms with van der Waals surface area (Å²) in [4.78, 5) is 4.54. The Morgan fingerprint density at radius 1 is 1.29 bits per heavy atom. The summed E-state index contributed by atoms with van der Waals surface area (Å²) in [6, 6.07) is 5.29. The van der Waals surface area contributed by atoms with Crippen molar-refractivity contribution in [2.75, 3.05) is 5.73 Å². The highest BCUT2D eigenvalue weighted by Crippen LogP contribution is 2.42. The average molecular weight is 306 g/mol. The van der Waals surface area contributed by atoms with Crippen LogP contribution in [0.15, 0.2) is 22.7 Å². The minimum absolute atomic E-state index is 0.393. The van der Waals surface area contributed by atoms with Gasteiger partial charge in [0.05, 0.1) is 5.56 Å². The van der Waals surface area contributed by atoms with Crippen LogP contribution in [0.5, 0.6) is 0 Å². The predicted octanol–water partition coefficient (Wildman–Crippen LogP) is 4.66. The Morgan fingerprint density at radius 2 is 2.00 bits per heavy atom. The van der Waals surface area contributed by atoms with E-state index in [0.29, 0.717) is 27.9 Å². The molecule has 0 aliphatic heterocycles. The third-order valence-electron chi connectivity index (χ3n) is 4.39. The number of halogens is 1. The maximum atomic E-state index is 5.96. The molecule has 2 aromatic rings. The normalized spacial score (nSPS) is 18.8. The molecule has 1 fully saturated rings. The number of aromatic nitrogens is 2. The average Bonchev–Trinajstić information content (AvgIpc) is 2.88. The van der Waals surface area contributed by atoms with Gasteiger partial charge in [-0.05, 0) is 49.3 Å². The number of nitrogen functional groups attached to an aromatic ring is 1. The van der Waals surface area contributed by atoms with E-state index in [4.69, 9.17) is 21.9 Å². The lowest BCUT2D eigenvalue weighted by molar-refractivity contribution is 0.218. The molecule has 0 atom stereocenters. The maximum Gasteiger partial charge on any atom is 0.260 e. The van der Waals surface area contributed by atoms with Crippen molar-refractivity contribution >= 4 is 17.3 Å². The smallest absolute Gasteiger partial charge is 0.260 e. The zero-order valence-corrected chi connectivity index (χ0v) is 13.2. The van der Waals surface area contributed by atoms with Gasteiger partial charge in [-0.3, -0.25) is 0 Å². The van der Waals surface area contributed by atoms with Crippen molar-refractivity contribution in [3.8, 4) is 11.5 Å². The fourth-order valence-electron chi connectivity index (χ4n) is 2.90. The van der Waals surface area contributed by atoms with E-state index in [0.717, 1.165) is 24.2 Å². The molecule has 21 heavy (non-hydrogen) atoms. The Morgan fingerprint density at radius 3 is 2.67 bits per heavy atom. The van der Waals surface area contributed by atoms with Crippen LogP contribution in [0.3, 0.4) is 0 Å². The zero-order chi connectivity index (χ0) is 15.0. The first-order valence-corrected chi connectivity index (χ1v) is 7.71. The van der Waals surface area contributed by atoms with E-state index in [1.807, 2.05) is 6.07 Å². The Labute approximate surface area is 129 Å². The Bertz CT molecular complexity index is 641. The van der Waals surface area contributed by atoms with Gasteiger partial charge in [-0.2, -0.15) is 4.98 Å². The SMILES string of the molecule is CC1(C)CCC(c2noc(-c3ccc(Cl)cc3N)n2)CC1. The van der Waals surface area contributed by atoms with Crippen molar-refractivity contribution in [2.45, 2.75) is 45.4 Å². The van der Waals surface area contributed by atoms with Gasteiger partial charge in [0.15, 0.2) is 5.82 Å². The van der Waals surface area contributed by atoms with Gasteiger partial charge in [-0.1, -0.05) is 30.6 Å². The van der Waals surface area contributed by atoms with Gasteiger partial charge in [0.25, 0.3) is 5.89 Å². The van der Waals surface area contributed by atoms with Crippen molar-refractivity contribution in [3.05, 3.63) is 29.0 Å². The Balaban J connectivity index is 1.81. The van der Waals surface area contributed by atoms with Gasteiger partial charge in [-0.15, -0.1) is 0 Å². The molecular formula is C16H20ClN3O. The molecule has 4 nitrogen and oxygen atoms in total. The van der Waals surface area contributed by atoms with Gasteiger partial charge < -0.3 is 10.3 Å². The molecule has 0 amide bonds. The Hall–Kier alpha value is -1.55. The first-order chi connectivity index (χ1) is 9.94. The monoisotopic (exact) mass is 305 g/mol. The molecule has 1 saturated carbocycles. The standard InChI is InChI=1S/C16H20ClN3O/c1-16(2)7-5-10(6-8-16)14-19-15(21-20-14)12-4-3-11(17)9-13(12)18/h3-4,9-10H,5-8,18H2,1-2H3. The van der Waals surface area contributed by atoms with Crippen molar-refractivity contribution < 1.29 is 4.52 Å². The summed E-state index contributed by atoms with van der Waals surface area (Å²) in [6.07, 6.45) is 4.62. The molecule has 3 rings (SSSR count). The molecule has 0 spiro atoms. The van der Waals surface area contributed by atoms with E-state index in [9.17, 15) is 0 Å². The predicted molar refractivity (Wildman–Crippen MR) is 84.1 cm³/mol. The van der Waals surface area contributed by atoms with Crippen LogP contribution in [0, 0.1) is 5.41 Å². The van der Waals surface area contributed by atoms with E-state index in [1.54, 1.807) is 12.1 Å². The second-order valence-electron chi connectivity index (χ2n) is 6.63. The van der Waals surface area contributed by atoms with Crippen molar-refractivity contribution in [1.29, 1.82) is 0 Å². The van der Waals surface area contributed by atoms with Crippen LogP contribution in [0.25, 0.3) is 11.5 Å². The lowest BCUT2D eigenvalue weighted by Crippen LogP contribution is -2.20. The summed E-state index contributed by atoms with van der Waals surface area (Å²) in [7, 11) is 0. The van der Waals surface area contributed by atoms with E-state index in [-0.39, 0.29) is 0 Å². The number of hydrogen-bond donors (Lipinski definition) is 1. The number of benzene rings is 1. The molecule has 0 unspecified atom stereocenters. The lowest BCUT2D eigenvalue weighted by Gasteiger charge is -2.32. The third-order valence-corrected chi connectivity index (χ3v) is 4.63. The van der Waals surface area contributed by atoms with E-state index in [2.05, 4.69) is 24.0 Å². The fraction of sp³-hybridized carbons (Fsp3) is 0.500. The highest BCUT2D eigenvalue weighted by molar-refractivity contribution is 6.31. The van der Waals surface area contributed by atoms with Crippen molar-refractivity contribution in [2.24, 2.45) is 5.41 Å². The molecule has 1 aromatic heterocycles. The topological polar surface area (TPSA) is 64.9 Å². The molecule has 5 heteroatoms. The summed E-state index contributed by atoms with van der Waals surface area (Å²) >= 11 is 5.91. The molecule has 0 bridgehead atoms. The highest BCUT2D eigenvalue weighted by Gasteiger charge is 2.30. The van der Waals surface area contributed by atoms with Gasteiger partial charge >= 0.3 is 0 Å². The van der Waals surface area contributed by atoms with Crippen LogP contribution in [-0.2, 0) is 0 Å². The summed E-state index contributed by atoms with van der Waals surface area (Å²) < 4.78 is 5.39. The van der Waals surface area contributed by atoms with Crippen LogP contribution >= 0.6 is 11.6 Å². The lowest BCUT2D eigenvalue weighted by atomic mass is 9.73. The molecule has 0 radical (unpaired) electrons. The van der Waals surface area contributed by atoms with Crippen LogP contribution in [0.2, 0.25) is 5.02 Å². The number of nitrogens with two attached hydrogens (primary N) is 1. The highest BCUT2D eigenvalue weighted by atomic mass is 35.5. The summed E-state index contributed by atoms with van der Waals surface area (Å²) in [5.41, 5.74) is 7.70. The summed E-state index contributed by atoms with van der Waals surface area (Å²) in [5, 5.41) is 4.76. The minimum atomic E-state index is 0.393. The van der Waals surface area contributed by atoms with Crippen LogP contribution in [-0.4, -0.2) is 10.1 Å². The molecule has 112 valence electrons. The molecule has 1 aliphatic carbocycles. The third kappa shape index (κ3) is 3.05. The van der Waals surface area contributed by atoms with E-state index in [1.165, 1.54) is 12.8 Å². The summed E-state index contributed by atoms with van der Waals surface area (Å²) in [6.45, 7) is 4.64. The van der Waals surface area contributed by atoms with Crippen molar-refractivity contribution in [1.82, 2.24) is 10.1 Å². The van der Waals surface area contributed by atoms with Crippen molar-refractivity contribution in [3.63, 3.8) is 0 Å². The molecule has 1 aliphatic rings. The number of hydrogen-bond acceptors (Lipinski definition) is 4. The van der Waals surface area contributed by atoms with Crippen LogP contribution < -0.4 is 5.73 Å². The Kier molecular flexibility index (Phi) is 3.66. The van der Waals surface area contributed by atoms with Gasteiger partial charge in [0.2, 0.25) is 0 Å². The number of rotatable bonds is 2. The van der Waals surface area contributed by atoms with Gasteiger partial charge in [0, 0.05) is 16.6 Å². The zero-order valence-electron chi connectivity index (χ0n) is 12.4. The largest absolute Gasteiger partial charge is 0.398 e. The second-order valence-corrected chi connectivity index (χ2v) is 7.06. The van der Waals surface area contributed by atoms with Crippen LogP contribution in [0.4, 0.5) is 5.69 Å². The molecule has 1 aromatic carbocycles. The molecule has 0 saturated heterocycles. The second kappa shape index (κ2) is 5.34. The molecule has 1 heterocycles. The quantitative estimate of drug-likeness (QED) is 0.820. The number of anilines is 1. The first-order valence-electron chi connectivity index (χ1n) is 7.34. The number of nitrogens with zero attached hydrogens (tertiary/aromatic N) is 2. The summed E-state index contributed by atoms with van der Waals surface area (Å²) in [5.74, 6) is 1.67. The minimum Gasteiger partial charge on any atom is -0.398 e. The molecular weight excluding hydrogens is 286 g/mol. The fourth-order valence-corrected chi connectivity index (χ4v) is 3.08. The van der Waals surface area contributed by atoms with Gasteiger partial charge in [0.1, 0.15) is 0 Å². The maximum absolute atomic E-state index is 5.96. The first kappa shape index (κ1) is 14.4. The molecule has 2 N–H and O–H groups in total. The van der Waals surface area contributed by atoms with E-state index >= 15 is 0 Å².